The Kier molecular flexibility index (Phi) is 3.75. The lowest BCUT2D eigenvalue weighted by molar-refractivity contribution is 0.0792. The summed E-state index contributed by atoms with van der Waals surface area (Å²) in [6, 6.07) is 16.7. The standard InChI is InChI=1S/C19H24O/c1-18(2,3)15-12-10-14(11-13-15)16-8-6-7-9-17(16)19(4,5)20/h6-13,20H,1-5H3. The molecule has 1 nitrogen and oxygen atoms in total. The maximum absolute atomic E-state index is 10.3. The molecule has 0 aliphatic rings. The molecule has 0 spiro atoms. The highest BCUT2D eigenvalue weighted by atomic mass is 16.3. The van der Waals surface area contributed by atoms with Crippen molar-refractivity contribution in [3.8, 4) is 11.1 Å². The second-order valence-electron chi connectivity index (χ2n) is 6.93. The molecule has 2 rings (SSSR count). The Morgan fingerprint density at radius 3 is 1.80 bits per heavy atom. The average Bonchev–Trinajstić information content (AvgIpc) is 2.37. The van der Waals surface area contributed by atoms with E-state index in [1.807, 2.05) is 32.0 Å². The highest BCUT2D eigenvalue weighted by Gasteiger charge is 2.20. The molecule has 0 saturated carbocycles. The van der Waals surface area contributed by atoms with Gasteiger partial charge in [0, 0.05) is 0 Å². The van der Waals surface area contributed by atoms with Gasteiger partial charge in [0.25, 0.3) is 0 Å². The molecule has 0 heterocycles. The zero-order chi connectivity index (χ0) is 15.0. The molecule has 0 fully saturated rings. The Morgan fingerprint density at radius 2 is 1.30 bits per heavy atom. The molecule has 0 saturated heterocycles. The maximum Gasteiger partial charge on any atom is 0.0846 e. The van der Waals surface area contributed by atoms with Crippen LogP contribution >= 0.6 is 0 Å². The van der Waals surface area contributed by atoms with Crippen molar-refractivity contribution in [1.82, 2.24) is 0 Å². The molecule has 0 bridgehead atoms. The van der Waals surface area contributed by atoms with Crippen LogP contribution in [-0.2, 0) is 11.0 Å². The Bertz CT molecular complexity index is 580. The molecule has 0 aliphatic heterocycles. The molecule has 2 aromatic rings. The van der Waals surface area contributed by atoms with Gasteiger partial charge in [0.1, 0.15) is 0 Å². The lowest BCUT2D eigenvalue weighted by atomic mass is 9.85. The number of aliphatic hydroxyl groups is 1. The molecular weight excluding hydrogens is 244 g/mol. The van der Waals surface area contributed by atoms with Gasteiger partial charge in [0.2, 0.25) is 0 Å². The Hall–Kier alpha value is -1.60. The van der Waals surface area contributed by atoms with E-state index in [0.717, 1.165) is 16.7 Å². The Labute approximate surface area is 122 Å². The van der Waals surface area contributed by atoms with Crippen molar-refractivity contribution >= 4 is 0 Å². The summed E-state index contributed by atoms with van der Waals surface area (Å²) in [5, 5.41) is 10.3. The van der Waals surface area contributed by atoms with Crippen LogP contribution in [0, 0.1) is 0 Å². The van der Waals surface area contributed by atoms with Gasteiger partial charge in [-0.05, 0) is 41.5 Å². The van der Waals surface area contributed by atoms with E-state index < -0.39 is 5.60 Å². The van der Waals surface area contributed by atoms with Crippen LogP contribution in [0.25, 0.3) is 11.1 Å². The van der Waals surface area contributed by atoms with Crippen molar-refractivity contribution in [2.45, 2.75) is 45.6 Å². The Balaban J connectivity index is 2.48. The number of hydrogen-bond acceptors (Lipinski definition) is 1. The third-order valence-corrected chi connectivity index (χ3v) is 3.65. The van der Waals surface area contributed by atoms with E-state index in [1.165, 1.54) is 5.56 Å². The summed E-state index contributed by atoms with van der Waals surface area (Å²) < 4.78 is 0. The van der Waals surface area contributed by atoms with Gasteiger partial charge in [-0.15, -0.1) is 0 Å². The summed E-state index contributed by atoms with van der Waals surface area (Å²) in [5.74, 6) is 0. The second kappa shape index (κ2) is 5.06. The molecule has 0 unspecified atom stereocenters. The quantitative estimate of drug-likeness (QED) is 0.823. The van der Waals surface area contributed by atoms with Crippen LogP contribution < -0.4 is 0 Å². The first-order chi connectivity index (χ1) is 9.19. The molecular formula is C19H24O. The van der Waals surface area contributed by atoms with Crippen molar-refractivity contribution in [2.75, 3.05) is 0 Å². The molecule has 106 valence electrons. The predicted octanol–water partition coefficient (Wildman–Crippen LogP) is 4.88. The minimum absolute atomic E-state index is 0.161. The van der Waals surface area contributed by atoms with Crippen molar-refractivity contribution in [3.63, 3.8) is 0 Å². The number of benzene rings is 2. The average molecular weight is 268 g/mol. The molecule has 1 N–H and O–H groups in total. The molecule has 20 heavy (non-hydrogen) atoms. The van der Waals surface area contributed by atoms with Crippen molar-refractivity contribution < 1.29 is 5.11 Å². The van der Waals surface area contributed by atoms with Crippen molar-refractivity contribution in [2.24, 2.45) is 0 Å². The van der Waals surface area contributed by atoms with Crippen LogP contribution in [0.2, 0.25) is 0 Å². The highest BCUT2D eigenvalue weighted by molar-refractivity contribution is 5.68. The zero-order valence-electron chi connectivity index (χ0n) is 13.1. The normalized spacial score (nSPS) is 12.5. The molecule has 0 atom stereocenters. The fourth-order valence-corrected chi connectivity index (χ4v) is 2.42. The van der Waals surface area contributed by atoms with Crippen LogP contribution in [0.5, 0.6) is 0 Å². The summed E-state index contributed by atoms with van der Waals surface area (Å²) in [6.45, 7) is 10.3. The fourth-order valence-electron chi connectivity index (χ4n) is 2.42. The minimum atomic E-state index is -0.834. The lowest BCUT2D eigenvalue weighted by Crippen LogP contribution is -2.16. The first kappa shape index (κ1) is 14.8. The van der Waals surface area contributed by atoms with Crippen LogP contribution in [0.1, 0.15) is 45.7 Å². The van der Waals surface area contributed by atoms with Gasteiger partial charge in [-0.25, -0.2) is 0 Å². The first-order valence-corrected chi connectivity index (χ1v) is 7.12. The number of hydrogen-bond donors (Lipinski definition) is 1. The largest absolute Gasteiger partial charge is 0.386 e. The number of rotatable bonds is 2. The van der Waals surface area contributed by atoms with Gasteiger partial charge in [0.05, 0.1) is 5.60 Å². The summed E-state index contributed by atoms with van der Waals surface area (Å²) >= 11 is 0. The minimum Gasteiger partial charge on any atom is -0.386 e. The second-order valence-corrected chi connectivity index (χ2v) is 6.93. The van der Waals surface area contributed by atoms with E-state index in [1.54, 1.807) is 0 Å². The summed E-state index contributed by atoms with van der Waals surface area (Å²) in [5.41, 5.74) is 3.86. The summed E-state index contributed by atoms with van der Waals surface area (Å²) in [4.78, 5) is 0. The van der Waals surface area contributed by atoms with Gasteiger partial charge >= 0.3 is 0 Å². The van der Waals surface area contributed by atoms with E-state index in [-0.39, 0.29) is 5.41 Å². The van der Waals surface area contributed by atoms with Gasteiger partial charge in [-0.2, -0.15) is 0 Å². The third-order valence-electron chi connectivity index (χ3n) is 3.65. The van der Waals surface area contributed by atoms with Crippen LogP contribution in [0.15, 0.2) is 48.5 Å². The zero-order valence-corrected chi connectivity index (χ0v) is 13.1. The van der Waals surface area contributed by atoms with E-state index in [4.69, 9.17) is 0 Å². The van der Waals surface area contributed by atoms with Crippen LogP contribution in [0.4, 0.5) is 0 Å². The molecule has 0 aromatic heterocycles. The van der Waals surface area contributed by atoms with Crippen molar-refractivity contribution in [3.05, 3.63) is 59.7 Å². The molecule has 0 radical (unpaired) electrons. The topological polar surface area (TPSA) is 20.2 Å². The maximum atomic E-state index is 10.3. The van der Waals surface area contributed by atoms with Crippen molar-refractivity contribution in [1.29, 1.82) is 0 Å². The molecule has 2 aromatic carbocycles. The molecule has 0 aliphatic carbocycles. The predicted molar refractivity (Wildman–Crippen MR) is 85.8 cm³/mol. The highest BCUT2D eigenvalue weighted by Crippen LogP contribution is 2.32. The molecule has 0 amide bonds. The van der Waals surface area contributed by atoms with Gasteiger partial charge in [-0.3, -0.25) is 0 Å². The lowest BCUT2D eigenvalue weighted by Gasteiger charge is -2.23. The van der Waals surface area contributed by atoms with E-state index >= 15 is 0 Å². The van der Waals surface area contributed by atoms with E-state index in [9.17, 15) is 5.11 Å². The summed E-state index contributed by atoms with van der Waals surface area (Å²) in [7, 11) is 0. The Morgan fingerprint density at radius 1 is 0.750 bits per heavy atom. The van der Waals surface area contributed by atoms with Gasteiger partial charge in [-0.1, -0.05) is 69.3 Å². The molecule has 1 heteroatoms. The first-order valence-electron chi connectivity index (χ1n) is 7.12. The third kappa shape index (κ3) is 3.10. The van der Waals surface area contributed by atoms with E-state index in [2.05, 4.69) is 51.1 Å². The SMILES string of the molecule is CC(C)(C)c1ccc(-c2ccccc2C(C)(C)O)cc1. The van der Waals surface area contributed by atoms with Crippen LogP contribution in [0.3, 0.4) is 0 Å². The summed E-state index contributed by atoms with van der Waals surface area (Å²) in [6.07, 6.45) is 0. The monoisotopic (exact) mass is 268 g/mol. The van der Waals surface area contributed by atoms with E-state index in [0.29, 0.717) is 0 Å². The fraction of sp³-hybridized carbons (Fsp3) is 0.368. The van der Waals surface area contributed by atoms with Gasteiger partial charge in [0.15, 0.2) is 0 Å². The van der Waals surface area contributed by atoms with Crippen LogP contribution in [-0.4, -0.2) is 5.11 Å². The smallest absolute Gasteiger partial charge is 0.0846 e. The van der Waals surface area contributed by atoms with Gasteiger partial charge < -0.3 is 5.11 Å².